The highest BCUT2D eigenvalue weighted by atomic mass is 32.2. The van der Waals surface area contributed by atoms with Gasteiger partial charge in [0.05, 0.1) is 18.9 Å². The standard InChI is InChI=1S/C22H29N3O4S/c1-4-28-20(26)17(21(27)29-5-2)14-23-9-6-8-16-13-18-19(12-15(16)3)30-22-24-10-7-11-25(18)22/h12-14,23H,4-11H2,1-3H3. The summed E-state index contributed by atoms with van der Waals surface area (Å²) in [7, 11) is 0. The number of carbonyl (C=O) groups excluding carboxylic acids is 2. The maximum absolute atomic E-state index is 12.0. The summed E-state index contributed by atoms with van der Waals surface area (Å²) < 4.78 is 9.87. The van der Waals surface area contributed by atoms with Crippen molar-refractivity contribution in [2.45, 2.75) is 44.9 Å². The molecule has 162 valence electrons. The zero-order valence-electron chi connectivity index (χ0n) is 17.8. The van der Waals surface area contributed by atoms with E-state index in [-0.39, 0.29) is 18.8 Å². The van der Waals surface area contributed by atoms with E-state index in [1.807, 2.05) is 0 Å². The lowest BCUT2D eigenvalue weighted by Crippen LogP contribution is -2.30. The molecule has 0 saturated carbocycles. The molecule has 0 radical (unpaired) electrons. The number of anilines is 1. The number of hydrogen-bond donors (Lipinski definition) is 1. The van der Waals surface area contributed by atoms with Crippen molar-refractivity contribution in [2.75, 3.05) is 37.7 Å². The number of fused-ring (bicyclic) bond motifs is 3. The van der Waals surface area contributed by atoms with Crippen molar-refractivity contribution in [3.05, 3.63) is 35.0 Å². The Balaban J connectivity index is 1.58. The first-order valence-corrected chi connectivity index (χ1v) is 11.3. The Morgan fingerprint density at radius 1 is 1.23 bits per heavy atom. The summed E-state index contributed by atoms with van der Waals surface area (Å²) in [6.45, 7) is 8.51. The number of amidine groups is 1. The van der Waals surface area contributed by atoms with Gasteiger partial charge < -0.3 is 19.7 Å². The van der Waals surface area contributed by atoms with Gasteiger partial charge >= 0.3 is 11.9 Å². The van der Waals surface area contributed by atoms with Crippen LogP contribution in [0.15, 0.2) is 33.8 Å². The first-order valence-electron chi connectivity index (χ1n) is 10.5. The van der Waals surface area contributed by atoms with Crippen LogP contribution in [-0.4, -0.2) is 50.0 Å². The number of aryl methyl sites for hydroxylation is 2. The molecule has 8 heteroatoms. The van der Waals surface area contributed by atoms with E-state index in [1.54, 1.807) is 25.6 Å². The van der Waals surface area contributed by atoms with Crippen molar-refractivity contribution in [1.82, 2.24) is 5.32 Å². The highest BCUT2D eigenvalue weighted by Crippen LogP contribution is 2.43. The van der Waals surface area contributed by atoms with E-state index in [4.69, 9.17) is 9.47 Å². The number of hydrogen-bond acceptors (Lipinski definition) is 8. The molecule has 7 nitrogen and oxygen atoms in total. The van der Waals surface area contributed by atoms with Crippen LogP contribution in [0.5, 0.6) is 0 Å². The minimum absolute atomic E-state index is 0.110. The average Bonchev–Trinajstić information content (AvgIpc) is 3.08. The summed E-state index contributed by atoms with van der Waals surface area (Å²) >= 11 is 1.76. The lowest BCUT2D eigenvalue weighted by Gasteiger charge is -2.23. The van der Waals surface area contributed by atoms with E-state index in [0.29, 0.717) is 6.54 Å². The molecule has 0 fully saturated rings. The Bertz CT molecular complexity index is 846. The number of thioether (sulfide) groups is 1. The summed E-state index contributed by atoms with van der Waals surface area (Å²) in [6, 6.07) is 4.53. The lowest BCUT2D eigenvalue weighted by molar-refractivity contribution is -0.146. The Morgan fingerprint density at radius 2 is 1.97 bits per heavy atom. The average molecular weight is 432 g/mol. The Hall–Kier alpha value is -2.48. The normalized spacial score (nSPS) is 14.4. The minimum Gasteiger partial charge on any atom is -0.462 e. The summed E-state index contributed by atoms with van der Waals surface area (Å²) in [5, 5.41) is 4.17. The third-order valence-electron chi connectivity index (χ3n) is 4.93. The number of carbonyl (C=O) groups is 2. The molecule has 0 bridgehead atoms. The smallest absolute Gasteiger partial charge is 0.347 e. The molecule has 0 aromatic heterocycles. The Labute approximate surface area is 181 Å². The van der Waals surface area contributed by atoms with Crippen LogP contribution in [0.2, 0.25) is 0 Å². The molecule has 0 saturated heterocycles. The van der Waals surface area contributed by atoms with Crippen LogP contribution in [0.4, 0.5) is 5.69 Å². The topological polar surface area (TPSA) is 80.2 Å². The largest absolute Gasteiger partial charge is 0.462 e. The summed E-state index contributed by atoms with van der Waals surface area (Å²) in [5.41, 5.74) is 3.74. The molecule has 0 unspecified atom stereocenters. The fourth-order valence-electron chi connectivity index (χ4n) is 3.44. The van der Waals surface area contributed by atoms with Gasteiger partial charge in [0, 0.05) is 30.7 Å². The van der Waals surface area contributed by atoms with Crippen LogP contribution in [-0.2, 0) is 25.5 Å². The summed E-state index contributed by atoms with van der Waals surface area (Å²) in [6.07, 6.45) is 4.26. The van der Waals surface area contributed by atoms with E-state index >= 15 is 0 Å². The molecule has 3 rings (SSSR count). The quantitative estimate of drug-likeness (QED) is 0.211. The van der Waals surface area contributed by atoms with E-state index in [1.165, 1.54) is 27.9 Å². The van der Waals surface area contributed by atoms with Gasteiger partial charge in [-0.2, -0.15) is 0 Å². The molecule has 2 heterocycles. The summed E-state index contributed by atoms with van der Waals surface area (Å²) in [5.74, 6) is -1.34. The highest BCUT2D eigenvalue weighted by molar-refractivity contribution is 8.14. The third kappa shape index (κ3) is 5.16. The van der Waals surface area contributed by atoms with Crippen molar-refractivity contribution < 1.29 is 19.1 Å². The van der Waals surface area contributed by atoms with E-state index in [9.17, 15) is 9.59 Å². The fraction of sp³-hybridized carbons (Fsp3) is 0.500. The second-order valence-corrected chi connectivity index (χ2v) is 8.08. The van der Waals surface area contributed by atoms with E-state index in [0.717, 1.165) is 37.5 Å². The van der Waals surface area contributed by atoms with Crippen molar-refractivity contribution in [3.8, 4) is 0 Å². The van der Waals surface area contributed by atoms with Gasteiger partial charge in [0.1, 0.15) is 0 Å². The van der Waals surface area contributed by atoms with E-state index in [2.05, 4.69) is 34.3 Å². The molecule has 1 aromatic rings. The molecular formula is C22H29N3O4S. The van der Waals surface area contributed by atoms with Crippen molar-refractivity contribution in [2.24, 2.45) is 4.99 Å². The molecule has 1 aromatic carbocycles. The van der Waals surface area contributed by atoms with Crippen LogP contribution in [0.25, 0.3) is 0 Å². The predicted octanol–water partition coefficient (Wildman–Crippen LogP) is 3.20. The van der Waals surface area contributed by atoms with Crippen molar-refractivity contribution in [1.29, 1.82) is 0 Å². The number of nitrogens with one attached hydrogen (secondary N) is 1. The monoisotopic (exact) mass is 431 g/mol. The Kier molecular flexibility index (Phi) is 7.79. The van der Waals surface area contributed by atoms with Gasteiger partial charge in [-0.1, -0.05) is 0 Å². The van der Waals surface area contributed by atoms with Gasteiger partial charge in [-0.25, -0.2) is 9.59 Å². The lowest BCUT2D eigenvalue weighted by atomic mass is 10.0. The minimum atomic E-state index is -0.672. The first-order chi connectivity index (χ1) is 14.5. The number of rotatable bonds is 9. The van der Waals surface area contributed by atoms with Gasteiger partial charge in [0.15, 0.2) is 10.7 Å². The number of esters is 2. The molecule has 2 aliphatic rings. The molecule has 0 atom stereocenters. The zero-order chi connectivity index (χ0) is 21.5. The molecule has 2 aliphatic heterocycles. The molecule has 30 heavy (non-hydrogen) atoms. The Morgan fingerprint density at radius 3 is 2.67 bits per heavy atom. The fourth-order valence-corrected chi connectivity index (χ4v) is 4.60. The zero-order valence-corrected chi connectivity index (χ0v) is 18.6. The summed E-state index contributed by atoms with van der Waals surface area (Å²) in [4.78, 5) is 32.2. The number of aliphatic imine (C=N–C) groups is 1. The van der Waals surface area contributed by atoms with Gasteiger partial charge in [-0.05, 0) is 75.1 Å². The first kappa shape index (κ1) is 22.2. The van der Waals surface area contributed by atoms with Gasteiger partial charge in [-0.15, -0.1) is 0 Å². The number of nitrogens with zero attached hydrogens (tertiary/aromatic N) is 2. The predicted molar refractivity (Wildman–Crippen MR) is 119 cm³/mol. The van der Waals surface area contributed by atoms with Crippen LogP contribution in [0.1, 0.15) is 37.8 Å². The van der Waals surface area contributed by atoms with Gasteiger partial charge in [-0.3, -0.25) is 4.99 Å². The molecule has 1 N–H and O–H groups in total. The second-order valence-electron chi connectivity index (χ2n) is 7.07. The van der Waals surface area contributed by atoms with Crippen LogP contribution in [0, 0.1) is 6.92 Å². The molecular weight excluding hydrogens is 402 g/mol. The van der Waals surface area contributed by atoms with Gasteiger partial charge in [0.2, 0.25) is 0 Å². The highest BCUT2D eigenvalue weighted by Gasteiger charge is 2.28. The number of ether oxygens (including phenoxy) is 2. The second kappa shape index (κ2) is 10.5. The maximum atomic E-state index is 12.0. The van der Waals surface area contributed by atoms with Crippen LogP contribution < -0.4 is 10.2 Å². The van der Waals surface area contributed by atoms with Crippen molar-refractivity contribution >= 4 is 34.6 Å². The van der Waals surface area contributed by atoms with E-state index < -0.39 is 11.9 Å². The molecule has 0 aliphatic carbocycles. The third-order valence-corrected chi connectivity index (χ3v) is 6.01. The van der Waals surface area contributed by atoms with Crippen molar-refractivity contribution in [3.63, 3.8) is 0 Å². The molecule has 0 amide bonds. The number of benzene rings is 1. The van der Waals surface area contributed by atoms with Gasteiger partial charge in [0.25, 0.3) is 0 Å². The van der Waals surface area contributed by atoms with Crippen LogP contribution >= 0.6 is 11.8 Å². The SMILES string of the molecule is CCOC(=O)C(=CNCCCc1cc2c(cc1C)SC1=NCCCN12)C(=O)OCC. The molecule has 0 spiro atoms. The maximum Gasteiger partial charge on any atom is 0.347 e. The van der Waals surface area contributed by atoms with Crippen LogP contribution in [0.3, 0.4) is 0 Å².